The Kier molecular flexibility index (Phi) is 5.78. The number of amides is 1. The van der Waals surface area contributed by atoms with Gasteiger partial charge >= 0.3 is 0 Å². The van der Waals surface area contributed by atoms with Crippen LogP contribution in [0.4, 0.5) is 13.2 Å². The van der Waals surface area contributed by atoms with E-state index in [-0.39, 0.29) is 23.9 Å². The molecule has 0 aliphatic carbocycles. The van der Waals surface area contributed by atoms with E-state index < -0.39 is 23.4 Å². The SMILES string of the molecule is CC(C)(C)c1ccc(C(=O)NCCc2ccc(F)c(F)c2F)c(Cl)c1. The first kappa shape index (κ1) is 19.3. The zero-order valence-electron chi connectivity index (χ0n) is 14.2. The van der Waals surface area contributed by atoms with Crippen molar-refractivity contribution >= 4 is 17.5 Å². The highest BCUT2D eigenvalue weighted by Gasteiger charge is 2.18. The van der Waals surface area contributed by atoms with Crippen LogP contribution < -0.4 is 5.32 Å². The van der Waals surface area contributed by atoms with E-state index in [2.05, 4.69) is 5.32 Å². The number of carbonyl (C=O) groups is 1. The molecule has 0 fully saturated rings. The van der Waals surface area contributed by atoms with E-state index >= 15 is 0 Å². The molecule has 2 aromatic carbocycles. The number of nitrogens with one attached hydrogen (secondary N) is 1. The predicted molar refractivity (Wildman–Crippen MR) is 92.5 cm³/mol. The van der Waals surface area contributed by atoms with Crippen LogP contribution in [0.1, 0.15) is 42.3 Å². The quantitative estimate of drug-likeness (QED) is 0.753. The molecule has 6 heteroatoms. The summed E-state index contributed by atoms with van der Waals surface area (Å²) >= 11 is 6.18. The predicted octanol–water partition coefficient (Wildman–Crippen LogP) is 5.03. The van der Waals surface area contributed by atoms with E-state index in [1.807, 2.05) is 26.8 Å². The van der Waals surface area contributed by atoms with Gasteiger partial charge in [-0.3, -0.25) is 4.79 Å². The molecule has 0 saturated carbocycles. The van der Waals surface area contributed by atoms with Crippen molar-refractivity contribution < 1.29 is 18.0 Å². The molecule has 0 unspecified atom stereocenters. The van der Waals surface area contributed by atoms with E-state index in [4.69, 9.17) is 11.6 Å². The maximum Gasteiger partial charge on any atom is 0.252 e. The van der Waals surface area contributed by atoms with Gasteiger partial charge in [0.15, 0.2) is 17.5 Å². The second kappa shape index (κ2) is 7.48. The number of benzene rings is 2. The molecule has 0 aliphatic rings. The molecule has 0 heterocycles. The van der Waals surface area contributed by atoms with Crippen LogP contribution in [0.3, 0.4) is 0 Å². The zero-order chi connectivity index (χ0) is 18.8. The summed E-state index contributed by atoms with van der Waals surface area (Å²) in [6, 6.07) is 7.22. The van der Waals surface area contributed by atoms with E-state index in [1.165, 1.54) is 0 Å². The largest absolute Gasteiger partial charge is 0.352 e. The minimum Gasteiger partial charge on any atom is -0.352 e. The molecule has 0 spiro atoms. The van der Waals surface area contributed by atoms with Crippen molar-refractivity contribution in [3.63, 3.8) is 0 Å². The Hall–Kier alpha value is -2.01. The second-order valence-corrected chi connectivity index (χ2v) is 7.19. The molecule has 0 atom stereocenters. The number of rotatable bonds is 4. The van der Waals surface area contributed by atoms with Gasteiger partial charge in [0, 0.05) is 6.54 Å². The number of hydrogen-bond acceptors (Lipinski definition) is 1. The van der Waals surface area contributed by atoms with Crippen molar-refractivity contribution in [2.75, 3.05) is 6.54 Å². The van der Waals surface area contributed by atoms with Crippen LogP contribution in [0.15, 0.2) is 30.3 Å². The molecule has 0 aromatic heterocycles. The van der Waals surface area contributed by atoms with Gasteiger partial charge in [-0.1, -0.05) is 44.5 Å². The van der Waals surface area contributed by atoms with Crippen molar-refractivity contribution in [3.05, 3.63) is 69.5 Å². The summed E-state index contributed by atoms with van der Waals surface area (Å²) in [6.45, 7) is 6.18. The minimum absolute atomic E-state index is 0.00613. The lowest BCUT2D eigenvalue weighted by atomic mass is 9.86. The molecule has 2 rings (SSSR count). The van der Waals surface area contributed by atoms with Gasteiger partial charge in [-0.05, 0) is 41.2 Å². The van der Waals surface area contributed by atoms with Crippen LogP contribution in [-0.2, 0) is 11.8 Å². The third kappa shape index (κ3) is 4.54. The Balaban J connectivity index is 2.03. The van der Waals surface area contributed by atoms with Crippen LogP contribution in [0.2, 0.25) is 5.02 Å². The Bertz CT molecular complexity index is 800. The summed E-state index contributed by atoms with van der Waals surface area (Å²) in [7, 11) is 0. The van der Waals surface area contributed by atoms with E-state index in [0.717, 1.165) is 17.7 Å². The average Bonchev–Trinajstić information content (AvgIpc) is 2.53. The first-order valence-electron chi connectivity index (χ1n) is 7.82. The van der Waals surface area contributed by atoms with E-state index in [9.17, 15) is 18.0 Å². The molecule has 0 radical (unpaired) electrons. The van der Waals surface area contributed by atoms with E-state index in [0.29, 0.717) is 10.6 Å². The fourth-order valence-corrected chi connectivity index (χ4v) is 2.60. The summed E-state index contributed by atoms with van der Waals surface area (Å²) < 4.78 is 39.6. The van der Waals surface area contributed by atoms with Gasteiger partial charge in [-0.2, -0.15) is 0 Å². The minimum atomic E-state index is -1.51. The fraction of sp³-hybridized carbons (Fsp3) is 0.316. The van der Waals surface area contributed by atoms with Crippen LogP contribution in [0, 0.1) is 17.5 Å². The third-order valence-electron chi connectivity index (χ3n) is 3.87. The third-order valence-corrected chi connectivity index (χ3v) is 4.19. The summed E-state index contributed by atoms with van der Waals surface area (Å²) in [5.41, 5.74) is 1.20. The van der Waals surface area contributed by atoms with Gasteiger partial charge in [-0.25, -0.2) is 13.2 Å². The van der Waals surface area contributed by atoms with Crippen molar-refractivity contribution in [2.24, 2.45) is 0 Å². The average molecular weight is 370 g/mol. The molecular weight excluding hydrogens is 351 g/mol. The van der Waals surface area contributed by atoms with Crippen molar-refractivity contribution in [3.8, 4) is 0 Å². The van der Waals surface area contributed by atoms with Gasteiger partial charge in [-0.15, -0.1) is 0 Å². The first-order chi connectivity index (χ1) is 11.6. The molecule has 1 amide bonds. The molecule has 2 nitrogen and oxygen atoms in total. The number of carbonyl (C=O) groups excluding carboxylic acids is 1. The lowest BCUT2D eigenvalue weighted by molar-refractivity contribution is 0.0954. The standard InChI is InChI=1S/C19H19ClF3NO/c1-19(2,3)12-5-6-13(14(20)10-12)18(25)24-9-8-11-4-7-15(21)17(23)16(11)22/h4-7,10H,8-9H2,1-3H3,(H,24,25). The molecule has 0 saturated heterocycles. The normalized spacial score (nSPS) is 11.5. The van der Waals surface area contributed by atoms with Crippen molar-refractivity contribution in [1.29, 1.82) is 0 Å². The van der Waals surface area contributed by atoms with Gasteiger partial charge < -0.3 is 5.32 Å². The monoisotopic (exact) mass is 369 g/mol. The van der Waals surface area contributed by atoms with Crippen molar-refractivity contribution in [1.82, 2.24) is 5.32 Å². The van der Waals surface area contributed by atoms with Gasteiger partial charge in [0.2, 0.25) is 0 Å². The van der Waals surface area contributed by atoms with E-state index in [1.54, 1.807) is 12.1 Å². The van der Waals surface area contributed by atoms with Gasteiger partial charge in [0.1, 0.15) is 0 Å². The fourth-order valence-electron chi connectivity index (χ4n) is 2.33. The van der Waals surface area contributed by atoms with Crippen LogP contribution in [0.5, 0.6) is 0 Å². The first-order valence-corrected chi connectivity index (χ1v) is 8.19. The molecule has 0 aliphatic heterocycles. The summed E-state index contributed by atoms with van der Waals surface area (Å²) in [5.74, 6) is -4.39. The topological polar surface area (TPSA) is 29.1 Å². The van der Waals surface area contributed by atoms with Crippen LogP contribution in [-0.4, -0.2) is 12.5 Å². The Morgan fingerprint density at radius 2 is 1.76 bits per heavy atom. The second-order valence-electron chi connectivity index (χ2n) is 6.79. The lowest BCUT2D eigenvalue weighted by Gasteiger charge is -2.20. The van der Waals surface area contributed by atoms with Gasteiger partial charge in [0.25, 0.3) is 5.91 Å². The highest BCUT2D eigenvalue weighted by molar-refractivity contribution is 6.33. The summed E-state index contributed by atoms with van der Waals surface area (Å²) in [5, 5.41) is 2.92. The van der Waals surface area contributed by atoms with Crippen LogP contribution >= 0.6 is 11.6 Å². The van der Waals surface area contributed by atoms with Crippen LogP contribution in [0.25, 0.3) is 0 Å². The number of halogens is 4. The lowest BCUT2D eigenvalue weighted by Crippen LogP contribution is -2.26. The number of hydrogen-bond donors (Lipinski definition) is 1. The maximum absolute atomic E-state index is 13.6. The Morgan fingerprint density at radius 1 is 1.08 bits per heavy atom. The summed E-state index contributed by atoms with van der Waals surface area (Å²) in [6.07, 6.45) is 0.0342. The zero-order valence-corrected chi connectivity index (χ0v) is 15.0. The summed E-state index contributed by atoms with van der Waals surface area (Å²) in [4.78, 5) is 12.2. The smallest absolute Gasteiger partial charge is 0.252 e. The Morgan fingerprint density at radius 3 is 2.36 bits per heavy atom. The molecular formula is C19H19ClF3NO. The Labute approximate surface area is 150 Å². The molecule has 25 heavy (non-hydrogen) atoms. The van der Waals surface area contributed by atoms with Crippen molar-refractivity contribution in [2.45, 2.75) is 32.6 Å². The highest BCUT2D eigenvalue weighted by atomic mass is 35.5. The van der Waals surface area contributed by atoms with Gasteiger partial charge in [0.05, 0.1) is 10.6 Å². The highest BCUT2D eigenvalue weighted by Crippen LogP contribution is 2.27. The molecule has 134 valence electrons. The maximum atomic E-state index is 13.6. The molecule has 2 aromatic rings. The molecule has 0 bridgehead atoms. The molecule has 1 N–H and O–H groups in total.